The molecule has 0 aliphatic rings. The van der Waals surface area contributed by atoms with Crippen LogP contribution in [0.3, 0.4) is 0 Å². The fourth-order valence-corrected chi connectivity index (χ4v) is 3.33. The Balaban J connectivity index is 2.38. The van der Waals surface area contributed by atoms with Crippen molar-refractivity contribution in [1.29, 1.82) is 0 Å². The molecule has 0 atom stereocenters. The van der Waals surface area contributed by atoms with Crippen LogP contribution in [0.15, 0.2) is 58.0 Å². The van der Waals surface area contributed by atoms with E-state index in [4.69, 9.17) is 0 Å². The van der Waals surface area contributed by atoms with Gasteiger partial charge in [0, 0.05) is 0 Å². The smallest absolute Gasteiger partial charge is 0.198 e. The minimum Gasteiger partial charge on any atom is -0.198 e. The number of rotatable bonds is 3. The third kappa shape index (κ3) is 5.22. The Hall–Kier alpha value is -1.68. The van der Waals surface area contributed by atoms with Gasteiger partial charge in [-0.2, -0.15) is 35.1 Å². The summed E-state index contributed by atoms with van der Waals surface area (Å²) in [6, 6.07) is 9.18. The Morgan fingerprint density at radius 2 is 0.786 bits per heavy atom. The highest BCUT2D eigenvalue weighted by atomic mass is 79.9. The maximum atomic E-state index is 13.2. The second-order valence-corrected chi connectivity index (χ2v) is 6.81. The summed E-state index contributed by atoms with van der Waals surface area (Å²) in [6.45, 7) is 0. The zero-order chi connectivity index (χ0) is 21.3. The van der Waals surface area contributed by atoms with E-state index in [1.54, 1.807) is 0 Å². The third-order valence-electron chi connectivity index (χ3n) is 3.63. The predicted octanol–water partition coefficient (Wildman–Crippen LogP) is 8.54. The summed E-state index contributed by atoms with van der Waals surface area (Å²) in [5.74, 6) is 0. The van der Waals surface area contributed by atoms with Crippen LogP contribution in [-0.4, -0.2) is 12.4 Å². The van der Waals surface area contributed by atoms with Crippen molar-refractivity contribution in [1.82, 2.24) is 0 Å². The Morgan fingerprint density at radius 3 is 0.964 bits per heavy atom. The molecule has 10 heteroatoms. The first-order chi connectivity index (χ1) is 12.8. The van der Waals surface area contributed by atoms with Gasteiger partial charge in [-0.1, -0.05) is 48.5 Å². The Morgan fingerprint density at radius 1 is 0.536 bits per heavy atom. The van der Waals surface area contributed by atoms with Gasteiger partial charge in [-0.05, 0) is 54.1 Å². The van der Waals surface area contributed by atoms with E-state index in [1.807, 2.05) is 0 Å². The largest absolute Gasteiger partial charge is 0.420 e. The van der Waals surface area contributed by atoms with Crippen molar-refractivity contribution in [3.05, 3.63) is 69.1 Å². The average Bonchev–Trinajstić information content (AvgIpc) is 2.53. The maximum absolute atomic E-state index is 13.2. The lowest BCUT2D eigenvalue weighted by Gasteiger charge is -2.13. The first-order valence-corrected chi connectivity index (χ1v) is 8.87. The van der Waals surface area contributed by atoms with Crippen molar-refractivity contribution in [2.24, 2.45) is 0 Å². The van der Waals surface area contributed by atoms with E-state index >= 15 is 0 Å². The molecule has 0 aromatic heterocycles. The van der Waals surface area contributed by atoms with E-state index in [1.165, 1.54) is 24.3 Å². The minimum atomic E-state index is -4.92. The number of halogens is 10. The summed E-state index contributed by atoms with van der Waals surface area (Å²) < 4.78 is 101. The Labute approximate surface area is 170 Å². The summed E-state index contributed by atoms with van der Waals surface area (Å²) in [5, 5.41) is 0. The molecule has 2 rings (SSSR count). The molecular weight excluding hydrogens is 528 g/mol. The SMILES string of the molecule is FC(Br)=C(c1ccc(-c2ccc(C(=C(F)Br)C(F)(F)F)cc2)cc1)C(F)(F)F. The fourth-order valence-electron chi connectivity index (χ4n) is 2.42. The van der Waals surface area contributed by atoms with Crippen LogP contribution in [0, 0.1) is 0 Å². The molecule has 0 heterocycles. The molecule has 0 fully saturated rings. The zero-order valence-corrected chi connectivity index (χ0v) is 16.6. The molecule has 150 valence electrons. The van der Waals surface area contributed by atoms with E-state index in [-0.39, 0.29) is 0 Å². The molecule has 0 saturated carbocycles. The van der Waals surface area contributed by atoms with Crippen LogP contribution in [0.2, 0.25) is 0 Å². The molecule has 0 aliphatic heterocycles. The number of alkyl halides is 6. The van der Waals surface area contributed by atoms with Crippen molar-refractivity contribution >= 4 is 43.0 Å². The van der Waals surface area contributed by atoms with E-state index in [2.05, 4.69) is 31.9 Å². The Kier molecular flexibility index (Phi) is 6.75. The number of hydrogen-bond acceptors (Lipinski definition) is 0. The van der Waals surface area contributed by atoms with E-state index < -0.39 is 44.1 Å². The van der Waals surface area contributed by atoms with E-state index in [0.717, 1.165) is 24.3 Å². The number of allylic oxidation sites excluding steroid dienone is 2. The van der Waals surface area contributed by atoms with Gasteiger partial charge < -0.3 is 0 Å². The van der Waals surface area contributed by atoms with Gasteiger partial charge in [0.2, 0.25) is 0 Å². The highest BCUT2D eigenvalue weighted by molar-refractivity contribution is 9.12. The summed E-state index contributed by atoms with van der Waals surface area (Å²) >= 11 is 4.38. The zero-order valence-electron chi connectivity index (χ0n) is 13.4. The fraction of sp³-hybridized carbons (Fsp3) is 0.111. The maximum Gasteiger partial charge on any atom is 0.420 e. The molecule has 0 unspecified atom stereocenters. The van der Waals surface area contributed by atoms with Crippen LogP contribution in [0.25, 0.3) is 22.3 Å². The summed E-state index contributed by atoms with van der Waals surface area (Å²) in [4.78, 5) is 0. The molecule has 2 aromatic carbocycles. The molecule has 0 nitrogen and oxygen atoms in total. The van der Waals surface area contributed by atoms with Gasteiger partial charge in [0.05, 0.1) is 0 Å². The van der Waals surface area contributed by atoms with Gasteiger partial charge >= 0.3 is 12.4 Å². The highest BCUT2D eigenvalue weighted by Crippen LogP contribution is 2.41. The van der Waals surface area contributed by atoms with Crippen LogP contribution < -0.4 is 0 Å². The van der Waals surface area contributed by atoms with Crippen molar-refractivity contribution in [3.8, 4) is 11.1 Å². The van der Waals surface area contributed by atoms with Gasteiger partial charge in [0.15, 0.2) is 9.47 Å². The average molecular weight is 536 g/mol. The second-order valence-electron chi connectivity index (χ2n) is 5.42. The first kappa shape index (κ1) is 22.6. The molecule has 28 heavy (non-hydrogen) atoms. The summed E-state index contributed by atoms with van der Waals surface area (Å²) in [6.07, 6.45) is -9.84. The third-order valence-corrected chi connectivity index (χ3v) is 4.42. The van der Waals surface area contributed by atoms with Crippen LogP contribution in [0.1, 0.15) is 11.1 Å². The molecule has 2 aromatic rings. The van der Waals surface area contributed by atoms with E-state index in [9.17, 15) is 35.1 Å². The van der Waals surface area contributed by atoms with Crippen LogP contribution in [0.5, 0.6) is 0 Å². The lowest BCUT2D eigenvalue weighted by Crippen LogP contribution is -2.11. The van der Waals surface area contributed by atoms with Gasteiger partial charge in [-0.15, -0.1) is 0 Å². The van der Waals surface area contributed by atoms with Crippen LogP contribution in [0.4, 0.5) is 35.1 Å². The van der Waals surface area contributed by atoms with Crippen molar-refractivity contribution in [2.45, 2.75) is 12.4 Å². The molecule has 0 bridgehead atoms. The monoisotopic (exact) mass is 534 g/mol. The predicted molar refractivity (Wildman–Crippen MR) is 97.9 cm³/mol. The van der Waals surface area contributed by atoms with Crippen LogP contribution >= 0.6 is 31.9 Å². The summed E-state index contributed by atoms with van der Waals surface area (Å²) in [5.41, 5.74) is -3.06. The summed E-state index contributed by atoms with van der Waals surface area (Å²) in [7, 11) is 0. The van der Waals surface area contributed by atoms with Gasteiger partial charge in [0.25, 0.3) is 0 Å². The number of benzene rings is 2. The van der Waals surface area contributed by atoms with Crippen molar-refractivity contribution in [3.63, 3.8) is 0 Å². The second kappa shape index (κ2) is 8.36. The van der Waals surface area contributed by atoms with E-state index in [0.29, 0.717) is 11.1 Å². The molecule has 0 spiro atoms. The van der Waals surface area contributed by atoms with Gasteiger partial charge in [-0.3, -0.25) is 0 Å². The number of hydrogen-bond donors (Lipinski definition) is 0. The molecule has 0 amide bonds. The highest BCUT2D eigenvalue weighted by Gasteiger charge is 2.38. The van der Waals surface area contributed by atoms with Crippen molar-refractivity contribution < 1.29 is 35.1 Å². The Bertz CT molecular complexity index is 819. The lowest BCUT2D eigenvalue weighted by atomic mass is 9.98. The molecule has 0 radical (unpaired) electrons. The first-order valence-electron chi connectivity index (χ1n) is 7.28. The van der Waals surface area contributed by atoms with Gasteiger partial charge in [-0.25, -0.2) is 0 Å². The normalized spacial score (nSPS) is 14.5. The minimum absolute atomic E-state index is 0.378. The quantitative estimate of drug-likeness (QED) is 0.345. The molecule has 0 saturated heterocycles. The molecule has 0 N–H and O–H groups in total. The molecule has 0 aliphatic carbocycles. The van der Waals surface area contributed by atoms with Crippen molar-refractivity contribution in [2.75, 3.05) is 0 Å². The van der Waals surface area contributed by atoms with Gasteiger partial charge in [0.1, 0.15) is 11.1 Å². The lowest BCUT2D eigenvalue weighted by molar-refractivity contribution is -0.0705. The molecular formula is C18H8Br2F8. The standard InChI is InChI=1S/C18H8Br2F8/c19-15(21)13(17(23,24)25)11-5-1-9(2-6-11)10-3-7-12(8-4-10)14(16(20)22)18(26,27)28/h1-8H. The topological polar surface area (TPSA) is 0 Å². The van der Waals surface area contributed by atoms with Crippen LogP contribution in [-0.2, 0) is 0 Å².